The normalized spacial score (nSPS) is 20.9. The minimum absolute atomic E-state index is 0.000145. The fourth-order valence-electron chi connectivity index (χ4n) is 3.86. The van der Waals surface area contributed by atoms with Crippen LogP contribution in [-0.2, 0) is 9.53 Å². The third kappa shape index (κ3) is 6.37. The lowest BCUT2D eigenvalue weighted by Gasteiger charge is -2.40. The summed E-state index contributed by atoms with van der Waals surface area (Å²) in [7, 11) is 2.30. The Balaban J connectivity index is 2.53. The maximum Gasteiger partial charge on any atom is 0.312 e. The van der Waals surface area contributed by atoms with Gasteiger partial charge in [0.2, 0.25) is 0 Å². The van der Waals surface area contributed by atoms with Gasteiger partial charge in [-0.05, 0) is 51.9 Å². The highest BCUT2D eigenvalue weighted by Gasteiger charge is 2.36. The van der Waals surface area contributed by atoms with Crippen LogP contribution in [0.2, 0.25) is 0 Å². The number of likely N-dealkylation sites (tertiary alicyclic amines) is 1. The summed E-state index contributed by atoms with van der Waals surface area (Å²) in [4.78, 5) is 12.5. The van der Waals surface area contributed by atoms with Gasteiger partial charge in [0, 0.05) is 0 Å². The first kappa shape index (κ1) is 18.5. The maximum absolute atomic E-state index is 12.5. The van der Waals surface area contributed by atoms with Crippen molar-refractivity contribution in [3.63, 3.8) is 0 Å². The van der Waals surface area contributed by atoms with Crippen molar-refractivity contribution in [3.05, 3.63) is 0 Å². The molecule has 1 rings (SSSR count). The van der Waals surface area contributed by atoms with Crippen LogP contribution < -0.4 is 0 Å². The largest absolute Gasteiger partial charge is 0.456 e. The Bertz CT molecular complexity index is 349. The van der Waals surface area contributed by atoms with E-state index in [4.69, 9.17) is 4.74 Å². The minimum atomic E-state index is -0.410. The van der Waals surface area contributed by atoms with E-state index >= 15 is 0 Å². The lowest BCUT2D eigenvalue weighted by atomic mass is 9.76. The second-order valence-electron chi connectivity index (χ2n) is 9.15. The van der Waals surface area contributed by atoms with E-state index in [1.54, 1.807) is 0 Å². The third-order valence-corrected chi connectivity index (χ3v) is 4.43. The first-order valence-electron chi connectivity index (χ1n) is 8.48. The van der Waals surface area contributed by atoms with Crippen molar-refractivity contribution in [1.82, 2.24) is 0 Å². The minimum Gasteiger partial charge on any atom is -0.456 e. The number of ether oxygens (including phenoxy) is 1. The van der Waals surface area contributed by atoms with Crippen LogP contribution >= 0.6 is 0 Å². The van der Waals surface area contributed by atoms with E-state index < -0.39 is 5.41 Å². The van der Waals surface area contributed by atoms with Gasteiger partial charge in [0.05, 0.1) is 25.6 Å². The van der Waals surface area contributed by atoms with Gasteiger partial charge in [-0.2, -0.15) is 0 Å². The summed E-state index contributed by atoms with van der Waals surface area (Å²) in [5.74, 6) is -0.0477. The number of likely N-dealkylation sites (N-methyl/N-ethyl adjacent to an activating group) is 1. The van der Waals surface area contributed by atoms with Crippen LogP contribution in [0.25, 0.3) is 0 Å². The fraction of sp³-hybridized carbons (Fsp3) is 0.944. The molecule has 0 radical (unpaired) electrons. The van der Waals surface area contributed by atoms with E-state index in [1.165, 1.54) is 32.4 Å². The van der Waals surface area contributed by atoms with Crippen molar-refractivity contribution in [2.24, 2.45) is 10.8 Å². The van der Waals surface area contributed by atoms with Gasteiger partial charge in [0.15, 0.2) is 0 Å². The summed E-state index contributed by atoms with van der Waals surface area (Å²) in [6.07, 6.45) is 4.79. The highest BCUT2D eigenvalue weighted by Crippen LogP contribution is 2.34. The summed E-state index contributed by atoms with van der Waals surface area (Å²) in [6, 6.07) is 0. The predicted octanol–water partition coefficient (Wildman–Crippen LogP) is 4.01. The number of carbonyl (C=O) groups excluding carboxylic acids is 1. The molecule has 21 heavy (non-hydrogen) atoms. The molecule has 3 heteroatoms. The van der Waals surface area contributed by atoms with Crippen molar-refractivity contribution in [2.45, 2.75) is 73.3 Å². The Morgan fingerprint density at radius 2 is 1.62 bits per heavy atom. The maximum atomic E-state index is 12.5. The van der Waals surface area contributed by atoms with Gasteiger partial charge < -0.3 is 9.22 Å². The molecule has 0 aromatic heterocycles. The Morgan fingerprint density at radius 3 is 2.10 bits per heavy atom. The first-order valence-corrected chi connectivity index (χ1v) is 8.48. The van der Waals surface area contributed by atoms with Gasteiger partial charge in [-0.3, -0.25) is 4.79 Å². The monoisotopic (exact) mass is 298 g/mol. The zero-order valence-electron chi connectivity index (χ0n) is 15.3. The van der Waals surface area contributed by atoms with E-state index in [0.29, 0.717) is 0 Å². The van der Waals surface area contributed by atoms with Crippen molar-refractivity contribution in [2.75, 3.05) is 26.7 Å². The molecule has 1 fully saturated rings. The summed E-state index contributed by atoms with van der Waals surface area (Å²) in [5, 5.41) is 0. The zero-order valence-corrected chi connectivity index (χ0v) is 15.3. The van der Waals surface area contributed by atoms with Crippen molar-refractivity contribution in [3.8, 4) is 0 Å². The van der Waals surface area contributed by atoms with Gasteiger partial charge >= 0.3 is 5.97 Å². The summed E-state index contributed by atoms with van der Waals surface area (Å²) in [5.41, 5.74) is -0.274. The molecule has 0 aromatic carbocycles. The number of carbonyl (C=O) groups is 1. The van der Waals surface area contributed by atoms with E-state index in [9.17, 15) is 4.79 Å². The smallest absolute Gasteiger partial charge is 0.312 e. The van der Waals surface area contributed by atoms with Crippen LogP contribution in [0.4, 0.5) is 0 Å². The Hall–Kier alpha value is -0.570. The number of hydrogen-bond acceptors (Lipinski definition) is 2. The van der Waals surface area contributed by atoms with Crippen LogP contribution in [-0.4, -0.2) is 43.2 Å². The molecular weight excluding hydrogens is 262 g/mol. The third-order valence-electron chi connectivity index (χ3n) is 4.43. The molecule has 0 amide bonds. The molecule has 0 aliphatic carbocycles. The van der Waals surface area contributed by atoms with Crippen LogP contribution in [0.5, 0.6) is 0 Å². The Labute approximate surface area is 131 Å². The average molecular weight is 298 g/mol. The quantitative estimate of drug-likeness (QED) is 0.566. The zero-order chi connectivity index (χ0) is 16.3. The van der Waals surface area contributed by atoms with Crippen LogP contribution in [0.3, 0.4) is 0 Å². The van der Waals surface area contributed by atoms with E-state index in [0.717, 1.165) is 17.4 Å². The molecule has 1 unspecified atom stereocenters. The number of nitrogens with zero attached hydrogens (tertiary/aromatic N) is 1. The van der Waals surface area contributed by atoms with Gasteiger partial charge in [0.1, 0.15) is 12.6 Å². The molecule has 0 bridgehead atoms. The molecule has 3 nitrogen and oxygen atoms in total. The van der Waals surface area contributed by atoms with Crippen molar-refractivity contribution < 1.29 is 14.0 Å². The average Bonchev–Trinajstić information content (AvgIpc) is 2.25. The number of hydrogen-bond donors (Lipinski definition) is 0. The first-order chi connectivity index (χ1) is 9.44. The number of piperidine rings is 1. The highest BCUT2D eigenvalue weighted by molar-refractivity contribution is 5.76. The van der Waals surface area contributed by atoms with Crippen LogP contribution in [0, 0.1) is 10.8 Å². The van der Waals surface area contributed by atoms with Crippen molar-refractivity contribution >= 4 is 5.97 Å². The molecule has 1 atom stereocenters. The second kappa shape index (κ2) is 6.68. The van der Waals surface area contributed by atoms with E-state index in [-0.39, 0.29) is 17.5 Å². The van der Waals surface area contributed by atoms with Crippen LogP contribution in [0.1, 0.15) is 67.2 Å². The number of quaternary nitrogens is 1. The standard InChI is InChI=1S/C18H36NO2/c1-15(13-19(7)11-9-8-10-12-19)21-16(20)18(5,6)14-17(2,3)4/h15H,8-14H2,1-7H3/q+1. The van der Waals surface area contributed by atoms with Crippen molar-refractivity contribution in [1.29, 1.82) is 0 Å². The predicted molar refractivity (Wildman–Crippen MR) is 88.0 cm³/mol. The van der Waals surface area contributed by atoms with Gasteiger partial charge in [-0.15, -0.1) is 0 Å². The Morgan fingerprint density at radius 1 is 1.10 bits per heavy atom. The summed E-state index contributed by atoms with van der Waals surface area (Å²) in [6.45, 7) is 15.9. The van der Waals surface area contributed by atoms with Gasteiger partial charge in [-0.1, -0.05) is 20.8 Å². The number of rotatable bonds is 5. The Kier molecular flexibility index (Phi) is 5.88. The molecule has 1 heterocycles. The topological polar surface area (TPSA) is 26.3 Å². The molecule has 0 N–H and O–H groups in total. The van der Waals surface area contributed by atoms with Gasteiger partial charge in [-0.25, -0.2) is 0 Å². The molecule has 1 aliphatic heterocycles. The highest BCUT2D eigenvalue weighted by atomic mass is 16.5. The second-order valence-corrected chi connectivity index (χ2v) is 9.15. The van der Waals surface area contributed by atoms with E-state index in [1.807, 2.05) is 20.8 Å². The van der Waals surface area contributed by atoms with Crippen LogP contribution in [0.15, 0.2) is 0 Å². The molecule has 124 valence electrons. The van der Waals surface area contributed by atoms with Gasteiger partial charge in [0.25, 0.3) is 0 Å². The summed E-state index contributed by atoms with van der Waals surface area (Å²) >= 11 is 0. The molecule has 0 spiro atoms. The molecule has 0 aromatic rings. The molecule has 1 saturated heterocycles. The molecule has 0 saturated carbocycles. The molecular formula is C18H36NO2+. The lowest BCUT2D eigenvalue weighted by molar-refractivity contribution is -0.916. The fourth-order valence-corrected chi connectivity index (χ4v) is 3.86. The van der Waals surface area contributed by atoms with E-state index in [2.05, 4.69) is 27.8 Å². The summed E-state index contributed by atoms with van der Waals surface area (Å²) < 4.78 is 6.82. The number of esters is 1. The SMILES string of the molecule is CC(C[N+]1(C)CCCCC1)OC(=O)C(C)(C)CC(C)(C)C. The lowest BCUT2D eigenvalue weighted by Crippen LogP contribution is -2.52. The molecule has 1 aliphatic rings.